The molecule has 3 rings (SSSR count). The first-order valence-electron chi connectivity index (χ1n) is 6.82. The van der Waals surface area contributed by atoms with Crippen molar-refractivity contribution in [3.63, 3.8) is 0 Å². The van der Waals surface area contributed by atoms with E-state index in [0.29, 0.717) is 5.65 Å². The summed E-state index contributed by atoms with van der Waals surface area (Å²) in [5.74, 6) is 0. The molecule has 114 valence electrons. The number of hydrogen-bond donors (Lipinski definition) is 2. The summed E-state index contributed by atoms with van der Waals surface area (Å²) in [7, 11) is 0. The smallest absolute Gasteiger partial charge is 0.164 e. The zero-order valence-electron chi connectivity index (χ0n) is 12.1. The molecule has 2 aromatic heterocycles. The molecule has 0 radical (unpaired) electrons. The molecule has 2 aromatic rings. The van der Waals surface area contributed by atoms with E-state index in [1.807, 2.05) is 26.1 Å². The van der Waals surface area contributed by atoms with Crippen LogP contribution in [0.25, 0.3) is 11.0 Å². The summed E-state index contributed by atoms with van der Waals surface area (Å²) in [6, 6.07) is 1.90. The molecular weight excluding hydrogens is 385 g/mol. The highest BCUT2D eigenvalue weighted by atomic mass is 127. The van der Waals surface area contributed by atoms with E-state index in [9.17, 15) is 10.2 Å². The van der Waals surface area contributed by atoms with Gasteiger partial charge in [-0.15, -0.1) is 0 Å². The third kappa shape index (κ3) is 2.26. The van der Waals surface area contributed by atoms with Gasteiger partial charge in [0.2, 0.25) is 0 Å². The second-order valence-corrected chi connectivity index (χ2v) is 7.68. The molecule has 1 saturated heterocycles. The van der Waals surface area contributed by atoms with Gasteiger partial charge >= 0.3 is 0 Å². The van der Waals surface area contributed by atoms with Gasteiger partial charge in [0.1, 0.15) is 29.8 Å². The number of hydrogen-bond acceptors (Lipinski definition) is 5. The number of aliphatic hydroxyl groups is 2. The van der Waals surface area contributed by atoms with Gasteiger partial charge in [-0.05, 0) is 19.9 Å². The molecule has 2 N–H and O–H groups in total. The molecule has 1 fully saturated rings. The van der Waals surface area contributed by atoms with Crippen molar-refractivity contribution >= 4 is 33.6 Å². The maximum atomic E-state index is 10.6. The minimum Gasteiger partial charge on any atom is -0.385 e. The van der Waals surface area contributed by atoms with Gasteiger partial charge in [-0.2, -0.15) is 0 Å². The Morgan fingerprint density at radius 1 is 1.48 bits per heavy atom. The van der Waals surface area contributed by atoms with Gasteiger partial charge in [-0.25, -0.2) is 9.97 Å². The third-order valence-corrected chi connectivity index (χ3v) is 4.78. The van der Waals surface area contributed by atoms with Crippen molar-refractivity contribution in [1.29, 1.82) is 0 Å². The number of aliphatic hydroxyl groups excluding tert-OH is 1. The maximum absolute atomic E-state index is 10.6. The second-order valence-electron chi connectivity index (χ2n) is 5.71. The highest BCUT2D eigenvalue weighted by Crippen LogP contribution is 2.41. The molecule has 0 aromatic carbocycles. The lowest BCUT2D eigenvalue weighted by Gasteiger charge is -2.27. The Morgan fingerprint density at radius 2 is 2.19 bits per heavy atom. The van der Waals surface area contributed by atoms with Crippen LogP contribution in [0.3, 0.4) is 0 Å². The Bertz CT molecular complexity index is 671. The fourth-order valence-electron chi connectivity index (χ4n) is 2.91. The predicted molar refractivity (Wildman–Crippen MR) is 86.3 cm³/mol. The first-order chi connectivity index (χ1) is 9.84. The maximum Gasteiger partial charge on any atom is 0.164 e. The van der Waals surface area contributed by atoms with E-state index < -0.39 is 24.0 Å². The molecule has 21 heavy (non-hydrogen) atoms. The van der Waals surface area contributed by atoms with E-state index in [-0.39, 0.29) is 3.92 Å². The summed E-state index contributed by atoms with van der Waals surface area (Å²) in [6.45, 7) is 5.48. The van der Waals surface area contributed by atoms with E-state index in [1.165, 1.54) is 6.33 Å². The summed E-state index contributed by atoms with van der Waals surface area (Å²) < 4.78 is 7.77. The van der Waals surface area contributed by atoms with Crippen molar-refractivity contribution in [2.24, 2.45) is 0 Å². The normalized spacial score (nSPS) is 34.5. The molecule has 6 nitrogen and oxygen atoms in total. The van der Waals surface area contributed by atoms with Crippen molar-refractivity contribution in [3.05, 3.63) is 24.3 Å². The molecule has 0 amide bonds. The Labute approximate surface area is 136 Å². The summed E-state index contributed by atoms with van der Waals surface area (Å²) in [5.41, 5.74) is 0.269. The summed E-state index contributed by atoms with van der Waals surface area (Å²) >= 11 is 2.20. The molecular formula is C14H18IN3O3. The highest BCUT2D eigenvalue weighted by molar-refractivity contribution is 14.1. The van der Waals surface area contributed by atoms with Crippen LogP contribution in [0.5, 0.6) is 0 Å². The minimum atomic E-state index is -1.30. The standard InChI is InChI=1S/C14H18IN3O3/c1-7(15)11-14(3,20)10(19)13(21-11)18-5-4-9-8(2)16-6-17-12(9)18/h4-7,10-11,13,19-20H,1-3H3/t7?,10-,11+,13+,14-/m0/s1. The van der Waals surface area contributed by atoms with Crippen LogP contribution in [0.1, 0.15) is 25.8 Å². The summed E-state index contributed by atoms with van der Waals surface area (Å²) in [4.78, 5) is 8.44. The Morgan fingerprint density at radius 3 is 2.81 bits per heavy atom. The van der Waals surface area contributed by atoms with Crippen molar-refractivity contribution in [2.45, 2.75) is 48.7 Å². The van der Waals surface area contributed by atoms with Crippen LogP contribution in [0.2, 0.25) is 0 Å². The average molecular weight is 403 g/mol. The lowest BCUT2D eigenvalue weighted by Crippen LogP contribution is -2.47. The quantitative estimate of drug-likeness (QED) is 0.588. The molecule has 3 heterocycles. The third-order valence-electron chi connectivity index (χ3n) is 4.13. The number of fused-ring (bicyclic) bond motifs is 1. The SMILES string of the molecule is Cc1ncnc2c1ccn2[C@@H]1O[C@H](C(C)I)[C@@](C)(O)[C@H]1O. The molecule has 0 spiro atoms. The predicted octanol–water partition coefficient (Wildman–Crippen LogP) is 1.57. The second kappa shape index (κ2) is 5.15. The van der Waals surface area contributed by atoms with E-state index in [4.69, 9.17) is 4.74 Å². The fraction of sp³-hybridized carbons (Fsp3) is 0.571. The van der Waals surface area contributed by atoms with Gasteiger partial charge in [-0.3, -0.25) is 0 Å². The van der Waals surface area contributed by atoms with Crippen molar-refractivity contribution < 1.29 is 14.9 Å². The number of rotatable bonds is 2. The zero-order valence-corrected chi connectivity index (χ0v) is 14.2. The van der Waals surface area contributed by atoms with Gasteiger partial charge in [0.25, 0.3) is 0 Å². The largest absolute Gasteiger partial charge is 0.385 e. The lowest BCUT2D eigenvalue weighted by atomic mass is 9.93. The Kier molecular flexibility index (Phi) is 3.71. The lowest BCUT2D eigenvalue weighted by molar-refractivity contribution is -0.0608. The van der Waals surface area contributed by atoms with E-state index in [0.717, 1.165) is 11.1 Å². The van der Waals surface area contributed by atoms with Crippen LogP contribution < -0.4 is 0 Å². The van der Waals surface area contributed by atoms with Crippen LogP contribution in [0.15, 0.2) is 18.6 Å². The van der Waals surface area contributed by atoms with Crippen molar-refractivity contribution in [1.82, 2.24) is 14.5 Å². The fourth-order valence-corrected chi connectivity index (χ4v) is 3.81. The molecule has 0 aliphatic carbocycles. The van der Waals surface area contributed by atoms with Gasteiger partial charge in [0.15, 0.2) is 6.23 Å². The van der Waals surface area contributed by atoms with Crippen LogP contribution in [-0.4, -0.2) is 46.5 Å². The number of alkyl halides is 1. The monoisotopic (exact) mass is 403 g/mol. The molecule has 0 bridgehead atoms. The number of halogens is 1. The zero-order chi connectivity index (χ0) is 15.4. The number of ether oxygens (including phenoxy) is 1. The molecule has 1 aliphatic rings. The summed E-state index contributed by atoms with van der Waals surface area (Å²) in [5, 5.41) is 22.0. The van der Waals surface area contributed by atoms with Gasteiger partial charge in [0, 0.05) is 15.5 Å². The van der Waals surface area contributed by atoms with Crippen molar-refractivity contribution in [2.75, 3.05) is 0 Å². The van der Waals surface area contributed by atoms with Crippen LogP contribution >= 0.6 is 22.6 Å². The van der Waals surface area contributed by atoms with Gasteiger partial charge < -0.3 is 19.5 Å². The van der Waals surface area contributed by atoms with Gasteiger partial charge in [0.05, 0.1) is 5.69 Å². The van der Waals surface area contributed by atoms with Crippen LogP contribution in [0.4, 0.5) is 0 Å². The van der Waals surface area contributed by atoms with E-state index in [2.05, 4.69) is 32.6 Å². The molecule has 1 unspecified atom stereocenters. The van der Waals surface area contributed by atoms with Crippen molar-refractivity contribution in [3.8, 4) is 0 Å². The molecule has 7 heteroatoms. The first kappa shape index (κ1) is 15.1. The number of aromatic nitrogens is 3. The topological polar surface area (TPSA) is 80.4 Å². The highest BCUT2D eigenvalue weighted by Gasteiger charge is 2.54. The average Bonchev–Trinajstić information content (AvgIpc) is 2.92. The summed E-state index contributed by atoms with van der Waals surface area (Å²) in [6.07, 6.45) is 1.18. The molecule has 1 aliphatic heterocycles. The first-order valence-corrected chi connectivity index (χ1v) is 8.06. The molecule has 5 atom stereocenters. The minimum absolute atomic E-state index is 0.0652. The van der Waals surface area contributed by atoms with Crippen LogP contribution in [0, 0.1) is 6.92 Å². The van der Waals surface area contributed by atoms with E-state index in [1.54, 1.807) is 11.5 Å². The molecule has 0 saturated carbocycles. The number of aryl methyl sites for hydroxylation is 1. The number of nitrogens with zero attached hydrogens (tertiary/aromatic N) is 3. The van der Waals surface area contributed by atoms with Gasteiger partial charge in [-0.1, -0.05) is 29.5 Å². The van der Waals surface area contributed by atoms with E-state index >= 15 is 0 Å². The van der Waals surface area contributed by atoms with Crippen LogP contribution in [-0.2, 0) is 4.74 Å². The Hall–Kier alpha value is -0.770. The Balaban J connectivity index is 2.06.